The average molecular weight is 555 g/mol. The highest BCUT2D eigenvalue weighted by Gasteiger charge is 2.36. The number of carbonyl (C=O) groups excluding carboxylic acids is 1. The minimum atomic E-state index is -0.0446. The molecule has 1 amide bonds. The van der Waals surface area contributed by atoms with Crippen molar-refractivity contribution in [3.05, 3.63) is 52.2 Å². The van der Waals surface area contributed by atoms with Crippen LogP contribution < -0.4 is 9.64 Å². The van der Waals surface area contributed by atoms with E-state index in [4.69, 9.17) is 26.3 Å². The maximum absolute atomic E-state index is 12.5. The zero-order valence-corrected chi connectivity index (χ0v) is 24.1. The Morgan fingerprint density at radius 3 is 2.64 bits per heavy atom. The van der Waals surface area contributed by atoms with Crippen LogP contribution in [0, 0.1) is 6.92 Å². The number of carbonyl (C=O) groups is 1. The summed E-state index contributed by atoms with van der Waals surface area (Å²) in [7, 11) is 2.13. The second-order valence-corrected chi connectivity index (χ2v) is 11.6. The minimum absolute atomic E-state index is 0.00706. The molecule has 4 heterocycles. The van der Waals surface area contributed by atoms with Gasteiger partial charge in [-0.3, -0.25) is 9.69 Å². The van der Waals surface area contributed by atoms with Crippen molar-refractivity contribution in [3.63, 3.8) is 0 Å². The number of likely N-dealkylation sites (N-methyl/N-ethyl adjacent to an activating group) is 1. The molecule has 3 aliphatic heterocycles. The molecule has 0 unspecified atom stereocenters. The zero-order chi connectivity index (χ0) is 27.8. The molecule has 0 saturated carbocycles. The van der Waals surface area contributed by atoms with Gasteiger partial charge >= 0.3 is 6.01 Å². The number of phenolic OH excluding ortho intramolecular Hbond substituents is 1. The Bertz CT molecular complexity index is 1240. The Morgan fingerprint density at radius 2 is 1.97 bits per heavy atom. The fourth-order valence-electron chi connectivity index (χ4n) is 6.24. The number of fused-ring (bicyclic) bond motifs is 1. The number of hydrogen-bond acceptors (Lipinski definition) is 8. The fraction of sp³-hybridized carbons (Fsp3) is 0.552. The molecule has 0 bridgehead atoms. The van der Waals surface area contributed by atoms with E-state index in [1.165, 1.54) is 12.5 Å². The van der Waals surface area contributed by atoms with Crippen molar-refractivity contribution in [1.82, 2.24) is 24.7 Å². The number of hydrogen-bond donors (Lipinski definition) is 1. The van der Waals surface area contributed by atoms with E-state index >= 15 is 0 Å². The second-order valence-electron chi connectivity index (χ2n) is 11.2. The molecule has 3 atom stereocenters. The molecule has 10 heteroatoms. The highest BCUT2D eigenvalue weighted by atomic mass is 35.5. The third kappa shape index (κ3) is 5.58. The zero-order valence-electron chi connectivity index (χ0n) is 23.4. The number of rotatable bonds is 7. The predicted molar refractivity (Wildman–Crippen MR) is 152 cm³/mol. The number of amides is 1. The molecule has 2 fully saturated rings. The Morgan fingerprint density at radius 1 is 1.23 bits per heavy atom. The van der Waals surface area contributed by atoms with Gasteiger partial charge < -0.3 is 24.5 Å². The summed E-state index contributed by atoms with van der Waals surface area (Å²) in [6.07, 6.45) is 3.68. The average Bonchev–Trinajstić information content (AvgIpc) is 3.51. The van der Waals surface area contributed by atoms with Crippen molar-refractivity contribution >= 4 is 23.3 Å². The van der Waals surface area contributed by atoms with E-state index in [1.54, 1.807) is 12.1 Å². The summed E-state index contributed by atoms with van der Waals surface area (Å²) in [4.78, 5) is 31.1. The molecule has 3 aliphatic rings. The SMILES string of the molecule is C=CC(=O)N1[C@H](C)CN(c2nc(OC[C@@H]3CCCN3C)nc3c2CN(Cc2c(Cl)ccc(O)c2C)C3)C[C@@H]1C. The summed E-state index contributed by atoms with van der Waals surface area (Å²) in [5.74, 6) is 1.08. The third-order valence-electron chi connectivity index (χ3n) is 8.42. The number of phenols is 1. The quantitative estimate of drug-likeness (QED) is 0.518. The summed E-state index contributed by atoms with van der Waals surface area (Å²) < 4.78 is 6.21. The van der Waals surface area contributed by atoms with Crippen LogP contribution in [0.5, 0.6) is 11.8 Å². The van der Waals surface area contributed by atoms with E-state index in [0.29, 0.717) is 56.4 Å². The van der Waals surface area contributed by atoms with Crippen molar-refractivity contribution in [2.45, 2.75) is 71.4 Å². The molecule has 2 aromatic rings. The standard InChI is InChI=1S/C29H39ClN6O3/c1-6-27(38)36-18(2)12-35(13-19(36)3)28-23-15-34(14-22-20(4)26(37)10-9-24(22)30)16-25(23)31-29(32-28)39-17-21-8-7-11-33(21)5/h6,9-10,18-19,21,37H,1,7-8,11-17H2,2-5H3/t18-,19+,21-/m0/s1. The molecular weight excluding hydrogens is 516 g/mol. The lowest BCUT2D eigenvalue weighted by Gasteiger charge is -2.45. The number of nitrogens with zero attached hydrogens (tertiary/aromatic N) is 6. The number of halogens is 1. The van der Waals surface area contributed by atoms with E-state index in [1.807, 2.05) is 11.8 Å². The van der Waals surface area contributed by atoms with Gasteiger partial charge in [-0.25, -0.2) is 0 Å². The van der Waals surface area contributed by atoms with Crippen molar-refractivity contribution in [2.24, 2.45) is 0 Å². The van der Waals surface area contributed by atoms with Gasteiger partial charge in [-0.05, 0) is 76.5 Å². The van der Waals surface area contributed by atoms with Gasteiger partial charge in [-0.2, -0.15) is 9.97 Å². The van der Waals surface area contributed by atoms with Gasteiger partial charge in [0, 0.05) is 61.4 Å². The molecular formula is C29H39ClN6O3. The molecule has 1 aromatic carbocycles. The number of ether oxygens (including phenoxy) is 1. The first-order chi connectivity index (χ1) is 18.7. The van der Waals surface area contributed by atoms with Gasteiger partial charge in [0.1, 0.15) is 18.2 Å². The lowest BCUT2D eigenvalue weighted by Crippen LogP contribution is -2.58. The molecule has 0 radical (unpaired) electrons. The first kappa shape index (κ1) is 27.7. The molecule has 2 saturated heterocycles. The maximum atomic E-state index is 12.5. The van der Waals surface area contributed by atoms with Gasteiger partial charge in [0.15, 0.2) is 0 Å². The van der Waals surface area contributed by atoms with Crippen LogP contribution in [0.1, 0.15) is 49.1 Å². The van der Waals surface area contributed by atoms with Crippen LogP contribution in [-0.4, -0.2) is 87.1 Å². The third-order valence-corrected chi connectivity index (χ3v) is 8.78. The highest BCUT2D eigenvalue weighted by Crippen LogP contribution is 2.36. The van der Waals surface area contributed by atoms with Gasteiger partial charge in [0.05, 0.1) is 5.69 Å². The van der Waals surface area contributed by atoms with Gasteiger partial charge in [-0.15, -0.1) is 0 Å². The Labute approximate surface area is 236 Å². The van der Waals surface area contributed by atoms with Crippen LogP contribution in [-0.2, 0) is 24.4 Å². The smallest absolute Gasteiger partial charge is 0.318 e. The molecule has 1 N–H and O–H groups in total. The number of piperazine rings is 1. The van der Waals surface area contributed by atoms with Crippen molar-refractivity contribution in [1.29, 1.82) is 0 Å². The van der Waals surface area contributed by atoms with Crippen LogP contribution in [0.3, 0.4) is 0 Å². The second kappa shape index (κ2) is 11.3. The van der Waals surface area contributed by atoms with E-state index in [2.05, 4.69) is 42.2 Å². The van der Waals surface area contributed by atoms with E-state index < -0.39 is 0 Å². The van der Waals surface area contributed by atoms with Gasteiger partial charge in [0.25, 0.3) is 0 Å². The fourth-order valence-corrected chi connectivity index (χ4v) is 6.51. The van der Waals surface area contributed by atoms with E-state index in [-0.39, 0.29) is 23.7 Å². The van der Waals surface area contributed by atoms with Crippen molar-refractivity contribution in [3.8, 4) is 11.8 Å². The maximum Gasteiger partial charge on any atom is 0.318 e. The normalized spacial score (nSPS) is 23.8. The summed E-state index contributed by atoms with van der Waals surface area (Å²) in [6, 6.07) is 4.16. The lowest BCUT2D eigenvalue weighted by molar-refractivity contribution is -0.130. The van der Waals surface area contributed by atoms with Crippen LogP contribution in [0.25, 0.3) is 0 Å². The van der Waals surface area contributed by atoms with Crippen LogP contribution in [0.15, 0.2) is 24.8 Å². The monoisotopic (exact) mass is 554 g/mol. The van der Waals surface area contributed by atoms with Crippen LogP contribution in [0.2, 0.25) is 5.02 Å². The minimum Gasteiger partial charge on any atom is -0.508 e. The van der Waals surface area contributed by atoms with Crippen molar-refractivity contribution < 1.29 is 14.6 Å². The molecule has 39 heavy (non-hydrogen) atoms. The first-order valence-electron chi connectivity index (χ1n) is 13.8. The molecule has 5 rings (SSSR count). The number of likely N-dealkylation sites (tertiary alicyclic amines) is 1. The van der Waals surface area contributed by atoms with E-state index in [0.717, 1.165) is 41.2 Å². The largest absolute Gasteiger partial charge is 0.508 e. The molecule has 0 spiro atoms. The number of aromatic nitrogens is 2. The van der Waals surface area contributed by atoms with Crippen LogP contribution >= 0.6 is 11.6 Å². The Balaban J connectivity index is 1.43. The number of anilines is 1. The topological polar surface area (TPSA) is 85.3 Å². The highest BCUT2D eigenvalue weighted by molar-refractivity contribution is 6.31. The predicted octanol–water partition coefficient (Wildman–Crippen LogP) is 3.74. The lowest BCUT2D eigenvalue weighted by atomic mass is 10.1. The number of aromatic hydroxyl groups is 1. The van der Waals surface area contributed by atoms with Crippen molar-refractivity contribution in [2.75, 3.05) is 38.2 Å². The molecule has 9 nitrogen and oxygen atoms in total. The Hall–Kier alpha value is -2.88. The molecule has 1 aromatic heterocycles. The summed E-state index contributed by atoms with van der Waals surface area (Å²) in [6.45, 7) is 14.6. The van der Waals surface area contributed by atoms with E-state index in [9.17, 15) is 9.90 Å². The summed E-state index contributed by atoms with van der Waals surface area (Å²) >= 11 is 6.53. The molecule has 0 aliphatic carbocycles. The summed E-state index contributed by atoms with van der Waals surface area (Å²) in [5.41, 5.74) is 3.74. The first-order valence-corrected chi connectivity index (χ1v) is 14.2. The Kier molecular flexibility index (Phi) is 8.03. The van der Waals surface area contributed by atoms with Crippen LogP contribution in [0.4, 0.5) is 5.82 Å². The summed E-state index contributed by atoms with van der Waals surface area (Å²) in [5, 5.41) is 10.9. The number of benzene rings is 1. The molecule has 210 valence electrons. The van der Waals surface area contributed by atoms with Gasteiger partial charge in [-0.1, -0.05) is 18.2 Å². The van der Waals surface area contributed by atoms with Gasteiger partial charge in [0.2, 0.25) is 5.91 Å².